The van der Waals surface area contributed by atoms with E-state index in [1.807, 2.05) is 0 Å². The first-order valence-electron chi connectivity index (χ1n) is 12.7. The fourth-order valence-corrected chi connectivity index (χ4v) is 6.75. The first kappa shape index (κ1) is 19.9. The van der Waals surface area contributed by atoms with E-state index in [0.29, 0.717) is 0 Å². The molecule has 0 aromatic heterocycles. The van der Waals surface area contributed by atoms with Crippen LogP contribution in [0, 0.1) is 11.8 Å². The van der Waals surface area contributed by atoms with Crippen LogP contribution in [0.25, 0.3) is 21.5 Å². The van der Waals surface area contributed by atoms with Crippen LogP contribution < -0.4 is 4.90 Å². The molecule has 0 saturated heterocycles. The van der Waals surface area contributed by atoms with E-state index in [1.165, 1.54) is 69.9 Å². The van der Waals surface area contributed by atoms with Crippen molar-refractivity contribution < 1.29 is 0 Å². The predicted octanol–water partition coefficient (Wildman–Crippen LogP) is 9.37. The Morgan fingerprint density at radius 3 is 1.97 bits per heavy atom. The Kier molecular flexibility index (Phi) is 4.68. The molecule has 0 amide bonds. The molecule has 0 spiro atoms. The van der Waals surface area contributed by atoms with Crippen LogP contribution in [0.4, 0.5) is 17.1 Å². The van der Waals surface area contributed by atoms with E-state index in [-0.39, 0.29) is 0 Å². The number of fused-ring (bicyclic) bond motifs is 5. The molecule has 2 aliphatic rings. The molecule has 0 aliphatic heterocycles. The Morgan fingerprint density at radius 1 is 0.559 bits per heavy atom. The summed E-state index contributed by atoms with van der Waals surface area (Å²) in [5.74, 6) is 2.64. The first-order valence-corrected chi connectivity index (χ1v) is 12.7. The second-order valence-electron chi connectivity index (χ2n) is 10.2. The molecule has 7 rings (SSSR count). The lowest BCUT2D eigenvalue weighted by molar-refractivity contribution is 0.420. The molecule has 2 aliphatic carbocycles. The smallest absolute Gasteiger partial charge is 0.0546 e. The van der Waals surface area contributed by atoms with Gasteiger partial charge in [-0.05, 0) is 89.1 Å². The lowest BCUT2D eigenvalue weighted by Gasteiger charge is -2.28. The molecule has 3 atom stereocenters. The van der Waals surface area contributed by atoms with Gasteiger partial charge in [-0.25, -0.2) is 0 Å². The first-order chi connectivity index (χ1) is 16.8. The third kappa shape index (κ3) is 3.22. The molecule has 0 radical (unpaired) electrons. The van der Waals surface area contributed by atoms with Crippen LogP contribution in [0.1, 0.15) is 37.2 Å². The summed E-state index contributed by atoms with van der Waals surface area (Å²) < 4.78 is 0. The van der Waals surface area contributed by atoms with Gasteiger partial charge in [0.2, 0.25) is 0 Å². The van der Waals surface area contributed by atoms with Gasteiger partial charge in [-0.15, -0.1) is 0 Å². The zero-order valence-corrected chi connectivity index (χ0v) is 19.4. The number of nitrogens with zero attached hydrogens (tertiary/aromatic N) is 1. The summed E-state index contributed by atoms with van der Waals surface area (Å²) in [6.45, 7) is 0. The fourth-order valence-electron chi connectivity index (χ4n) is 6.75. The molecule has 34 heavy (non-hydrogen) atoms. The average Bonchev–Trinajstić information content (AvgIpc) is 3.54. The van der Waals surface area contributed by atoms with Crippen LogP contribution in [0.5, 0.6) is 0 Å². The molecule has 5 aromatic carbocycles. The summed E-state index contributed by atoms with van der Waals surface area (Å²) in [4.78, 5) is 2.43. The highest BCUT2D eigenvalue weighted by Gasteiger charge is 2.40. The maximum Gasteiger partial charge on any atom is 0.0546 e. The van der Waals surface area contributed by atoms with Crippen molar-refractivity contribution in [2.45, 2.75) is 31.6 Å². The molecule has 0 heterocycles. The van der Waals surface area contributed by atoms with Crippen molar-refractivity contribution in [3.05, 3.63) is 115 Å². The summed E-state index contributed by atoms with van der Waals surface area (Å²) in [5.41, 5.74) is 5.18. The molecular weight excluding hydrogens is 410 g/mol. The van der Waals surface area contributed by atoms with E-state index >= 15 is 0 Å². The summed E-state index contributed by atoms with van der Waals surface area (Å²) in [6.07, 6.45) is 5.72. The van der Waals surface area contributed by atoms with E-state index in [2.05, 4.69) is 114 Å². The molecule has 2 saturated carbocycles. The number of anilines is 3. The summed E-state index contributed by atoms with van der Waals surface area (Å²) in [7, 11) is 0. The zero-order chi connectivity index (χ0) is 22.5. The Labute approximate surface area is 201 Å². The fraction of sp³-hybridized carbons (Fsp3) is 0.212. The minimum atomic E-state index is 0.763. The van der Waals surface area contributed by atoms with E-state index < -0.39 is 0 Å². The van der Waals surface area contributed by atoms with Gasteiger partial charge in [0, 0.05) is 16.8 Å². The molecular formula is C33H29N. The largest absolute Gasteiger partial charge is 0.310 e. The highest BCUT2D eigenvalue weighted by atomic mass is 15.1. The number of hydrogen-bond donors (Lipinski definition) is 0. The molecule has 1 heteroatoms. The number of para-hydroxylation sites is 1. The standard InChI is InChI=1S/C33H29N/c1-2-9-27(10-3-1)34(28-18-16-24(17-19-28)32-21-23-14-15-26(32)20-23)33-22-25-8-4-5-11-29(25)30-12-6-7-13-31(30)33/h1-13,16-19,22-23,26,32H,14-15,20-21H2. The Bertz CT molecular complexity index is 1470. The molecule has 2 fully saturated rings. The lowest BCUT2D eigenvalue weighted by Crippen LogP contribution is -2.12. The molecule has 2 bridgehead atoms. The van der Waals surface area contributed by atoms with Crippen LogP contribution in [-0.4, -0.2) is 0 Å². The summed E-state index contributed by atoms with van der Waals surface area (Å²) >= 11 is 0. The predicted molar refractivity (Wildman–Crippen MR) is 144 cm³/mol. The van der Waals surface area contributed by atoms with Crippen molar-refractivity contribution in [1.82, 2.24) is 0 Å². The SMILES string of the molecule is c1ccc(N(c2ccc(C3CC4CCC3C4)cc2)c2cc3ccccc3c3ccccc23)cc1. The highest BCUT2D eigenvalue weighted by molar-refractivity contribution is 6.14. The quantitative estimate of drug-likeness (QED) is 0.252. The maximum absolute atomic E-state index is 2.43. The van der Waals surface area contributed by atoms with Crippen molar-refractivity contribution in [3.63, 3.8) is 0 Å². The van der Waals surface area contributed by atoms with E-state index in [4.69, 9.17) is 0 Å². The van der Waals surface area contributed by atoms with Gasteiger partial charge in [0.25, 0.3) is 0 Å². The maximum atomic E-state index is 2.43. The van der Waals surface area contributed by atoms with Crippen LogP contribution >= 0.6 is 0 Å². The van der Waals surface area contributed by atoms with Crippen LogP contribution in [-0.2, 0) is 0 Å². The van der Waals surface area contributed by atoms with E-state index in [0.717, 1.165) is 17.8 Å². The van der Waals surface area contributed by atoms with Gasteiger partial charge in [-0.1, -0.05) is 85.3 Å². The molecule has 0 N–H and O–H groups in total. The molecule has 166 valence electrons. The van der Waals surface area contributed by atoms with Crippen molar-refractivity contribution in [2.24, 2.45) is 11.8 Å². The van der Waals surface area contributed by atoms with E-state index in [1.54, 1.807) is 0 Å². The second kappa shape index (κ2) is 8.02. The minimum absolute atomic E-state index is 0.763. The van der Waals surface area contributed by atoms with Gasteiger partial charge < -0.3 is 4.90 Å². The molecule has 3 unspecified atom stereocenters. The van der Waals surface area contributed by atoms with Crippen molar-refractivity contribution in [1.29, 1.82) is 0 Å². The van der Waals surface area contributed by atoms with Gasteiger partial charge in [0.1, 0.15) is 0 Å². The number of benzene rings is 5. The highest BCUT2D eigenvalue weighted by Crippen LogP contribution is 2.53. The third-order valence-electron chi connectivity index (χ3n) is 8.32. The summed E-state index contributed by atoms with van der Waals surface area (Å²) in [5, 5.41) is 5.16. The van der Waals surface area contributed by atoms with E-state index in [9.17, 15) is 0 Å². The van der Waals surface area contributed by atoms with Crippen LogP contribution in [0.3, 0.4) is 0 Å². The van der Waals surface area contributed by atoms with Gasteiger partial charge in [0.15, 0.2) is 0 Å². The van der Waals surface area contributed by atoms with Crippen LogP contribution in [0.15, 0.2) is 109 Å². The van der Waals surface area contributed by atoms with Crippen molar-refractivity contribution >= 4 is 38.6 Å². The Morgan fingerprint density at radius 2 is 1.24 bits per heavy atom. The van der Waals surface area contributed by atoms with Gasteiger partial charge >= 0.3 is 0 Å². The van der Waals surface area contributed by atoms with Crippen molar-refractivity contribution in [2.75, 3.05) is 4.90 Å². The van der Waals surface area contributed by atoms with Gasteiger partial charge in [0.05, 0.1) is 5.69 Å². The molecule has 5 aromatic rings. The second-order valence-corrected chi connectivity index (χ2v) is 10.2. The monoisotopic (exact) mass is 439 g/mol. The van der Waals surface area contributed by atoms with Crippen LogP contribution in [0.2, 0.25) is 0 Å². The lowest BCUT2D eigenvalue weighted by atomic mass is 9.83. The Hall–Kier alpha value is -3.58. The topological polar surface area (TPSA) is 3.24 Å². The average molecular weight is 440 g/mol. The zero-order valence-electron chi connectivity index (χ0n) is 19.4. The minimum Gasteiger partial charge on any atom is -0.310 e. The van der Waals surface area contributed by atoms with Crippen molar-refractivity contribution in [3.8, 4) is 0 Å². The molecule has 1 nitrogen and oxygen atoms in total. The normalized spacial score (nSPS) is 21.4. The number of hydrogen-bond acceptors (Lipinski definition) is 1. The van der Waals surface area contributed by atoms with Gasteiger partial charge in [-0.2, -0.15) is 0 Å². The third-order valence-corrected chi connectivity index (χ3v) is 8.32. The van der Waals surface area contributed by atoms with Gasteiger partial charge in [-0.3, -0.25) is 0 Å². The number of rotatable bonds is 4. The Balaban J connectivity index is 1.39. The summed E-state index contributed by atoms with van der Waals surface area (Å²) in [6, 6.07) is 40.2.